The van der Waals surface area contributed by atoms with Crippen molar-refractivity contribution in [3.05, 3.63) is 29.8 Å². The Morgan fingerprint density at radius 3 is 2.95 bits per heavy atom. The van der Waals surface area contributed by atoms with Crippen LogP contribution in [0.25, 0.3) is 0 Å². The molecule has 0 N–H and O–H groups in total. The Hall–Kier alpha value is -1.59. The number of hydrogen-bond acceptors (Lipinski definition) is 5. The summed E-state index contributed by atoms with van der Waals surface area (Å²) in [6, 6.07) is 7.41. The first-order valence-electron chi connectivity index (χ1n) is 6.30. The molecule has 2 rings (SSSR count). The molecular weight excluding hydrogens is 246 g/mol. The summed E-state index contributed by atoms with van der Waals surface area (Å²) in [5.41, 5.74) is 1.42. The molecule has 1 fully saturated rings. The monoisotopic (exact) mass is 265 g/mol. The molecule has 19 heavy (non-hydrogen) atoms. The van der Waals surface area contributed by atoms with E-state index >= 15 is 0 Å². The van der Waals surface area contributed by atoms with Crippen molar-refractivity contribution in [3.8, 4) is 0 Å². The molecule has 1 heterocycles. The molecule has 1 atom stereocenters. The van der Waals surface area contributed by atoms with Crippen molar-refractivity contribution in [1.82, 2.24) is 0 Å². The summed E-state index contributed by atoms with van der Waals surface area (Å²) < 4.78 is 15.5. The Morgan fingerprint density at radius 1 is 1.47 bits per heavy atom. The third-order valence-corrected chi connectivity index (χ3v) is 3.17. The minimum atomic E-state index is -0.324. The molecule has 0 spiro atoms. The van der Waals surface area contributed by atoms with E-state index in [4.69, 9.17) is 14.2 Å². The van der Waals surface area contributed by atoms with Crippen LogP contribution in [0.4, 0.5) is 5.69 Å². The lowest BCUT2D eigenvalue weighted by Crippen LogP contribution is -2.35. The molecule has 104 valence electrons. The second-order valence-electron chi connectivity index (χ2n) is 4.49. The number of para-hydroxylation sites is 1. The van der Waals surface area contributed by atoms with Gasteiger partial charge >= 0.3 is 5.97 Å². The van der Waals surface area contributed by atoms with Crippen molar-refractivity contribution in [2.75, 3.05) is 39.0 Å². The van der Waals surface area contributed by atoms with Gasteiger partial charge in [-0.3, -0.25) is 0 Å². The summed E-state index contributed by atoms with van der Waals surface area (Å²) in [5.74, 6) is -0.324. The van der Waals surface area contributed by atoms with Crippen molar-refractivity contribution >= 4 is 11.7 Å². The highest BCUT2D eigenvalue weighted by Gasteiger charge is 2.19. The molecule has 1 aromatic carbocycles. The van der Waals surface area contributed by atoms with Crippen molar-refractivity contribution in [2.45, 2.75) is 12.5 Å². The Kier molecular flexibility index (Phi) is 4.76. The van der Waals surface area contributed by atoms with Gasteiger partial charge in [-0.25, -0.2) is 4.79 Å². The van der Waals surface area contributed by atoms with Gasteiger partial charge in [-0.1, -0.05) is 12.1 Å². The van der Waals surface area contributed by atoms with Gasteiger partial charge < -0.3 is 19.1 Å². The summed E-state index contributed by atoms with van der Waals surface area (Å²) in [4.78, 5) is 13.7. The SMILES string of the molecule is COC(=O)c1ccccc1N(C)CC1CCOCO1. The van der Waals surface area contributed by atoms with Crippen LogP contribution in [0.15, 0.2) is 24.3 Å². The van der Waals surface area contributed by atoms with E-state index in [-0.39, 0.29) is 12.1 Å². The zero-order chi connectivity index (χ0) is 13.7. The van der Waals surface area contributed by atoms with Gasteiger partial charge in [-0.2, -0.15) is 0 Å². The fourth-order valence-corrected chi connectivity index (χ4v) is 2.14. The lowest BCUT2D eigenvalue weighted by molar-refractivity contribution is -0.135. The Labute approximate surface area is 113 Å². The number of ether oxygens (including phenoxy) is 3. The minimum absolute atomic E-state index is 0.129. The average molecular weight is 265 g/mol. The largest absolute Gasteiger partial charge is 0.465 e. The molecule has 0 saturated carbocycles. The molecule has 0 aromatic heterocycles. The summed E-state index contributed by atoms with van der Waals surface area (Å²) in [6.07, 6.45) is 0.995. The molecule has 5 heteroatoms. The lowest BCUT2D eigenvalue weighted by Gasteiger charge is -2.29. The second-order valence-corrected chi connectivity index (χ2v) is 4.49. The van der Waals surface area contributed by atoms with E-state index in [0.29, 0.717) is 12.4 Å². The van der Waals surface area contributed by atoms with Crippen LogP contribution in [0.5, 0.6) is 0 Å². The molecular formula is C14H19NO4. The molecule has 1 unspecified atom stereocenters. The molecule has 0 radical (unpaired) electrons. The van der Waals surface area contributed by atoms with E-state index in [1.165, 1.54) is 7.11 Å². The van der Waals surface area contributed by atoms with E-state index in [0.717, 1.165) is 25.3 Å². The number of likely N-dealkylation sites (N-methyl/N-ethyl adjacent to an activating group) is 1. The quantitative estimate of drug-likeness (QED) is 0.775. The van der Waals surface area contributed by atoms with Crippen molar-refractivity contribution in [3.63, 3.8) is 0 Å². The fraction of sp³-hybridized carbons (Fsp3) is 0.500. The van der Waals surface area contributed by atoms with E-state index in [9.17, 15) is 4.79 Å². The van der Waals surface area contributed by atoms with Crippen LogP contribution in [0.1, 0.15) is 16.8 Å². The van der Waals surface area contributed by atoms with Crippen LogP contribution in [0.2, 0.25) is 0 Å². The van der Waals surface area contributed by atoms with Gasteiger partial charge in [-0.05, 0) is 18.6 Å². The van der Waals surface area contributed by atoms with Crippen LogP contribution in [-0.4, -0.2) is 46.2 Å². The van der Waals surface area contributed by atoms with Crippen molar-refractivity contribution in [1.29, 1.82) is 0 Å². The molecule has 0 amide bonds. The summed E-state index contributed by atoms with van der Waals surface area (Å²) in [6.45, 7) is 1.78. The molecule has 0 aliphatic carbocycles. The van der Waals surface area contributed by atoms with Crippen molar-refractivity contribution < 1.29 is 19.0 Å². The van der Waals surface area contributed by atoms with E-state index in [1.807, 2.05) is 30.1 Å². The van der Waals surface area contributed by atoms with Crippen LogP contribution in [-0.2, 0) is 14.2 Å². The molecule has 1 aromatic rings. The summed E-state index contributed by atoms with van der Waals surface area (Å²) in [7, 11) is 3.33. The van der Waals surface area contributed by atoms with Crippen LogP contribution in [0.3, 0.4) is 0 Å². The molecule has 1 saturated heterocycles. The topological polar surface area (TPSA) is 48.0 Å². The zero-order valence-corrected chi connectivity index (χ0v) is 11.3. The third-order valence-electron chi connectivity index (χ3n) is 3.17. The van der Waals surface area contributed by atoms with Gasteiger partial charge in [0.05, 0.1) is 31.1 Å². The molecule has 1 aliphatic heterocycles. The van der Waals surface area contributed by atoms with Gasteiger partial charge in [0.1, 0.15) is 6.79 Å². The highest BCUT2D eigenvalue weighted by molar-refractivity contribution is 5.95. The van der Waals surface area contributed by atoms with Gasteiger partial charge in [0.25, 0.3) is 0 Å². The maximum atomic E-state index is 11.7. The predicted molar refractivity (Wildman–Crippen MR) is 71.4 cm³/mol. The number of carbonyl (C=O) groups is 1. The average Bonchev–Trinajstić information content (AvgIpc) is 2.47. The van der Waals surface area contributed by atoms with Crippen LogP contribution >= 0.6 is 0 Å². The first-order valence-corrected chi connectivity index (χ1v) is 6.30. The van der Waals surface area contributed by atoms with Gasteiger partial charge in [0.2, 0.25) is 0 Å². The number of nitrogens with zero attached hydrogens (tertiary/aromatic N) is 1. The highest BCUT2D eigenvalue weighted by Crippen LogP contribution is 2.21. The number of esters is 1. The number of hydrogen-bond donors (Lipinski definition) is 0. The maximum Gasteiger partial charge on any atom is 0.339 e. The summed E-state index contributed by atoms with van der Waals surface area (Å²) >= 11 is 0. The first kappa shape index (κ1) is 13.8. The van der Waals surface area contributed by atoms with Gasteiger partial charge in [0.15, 0.2) is 0 Å². The molecule has 5 nitrogen and oxygen atoms in total. The number of rotatable bonds is 4. The number of carbonyl (C=O) groups excluding carboxylic acids is 1. The highest BCUT2D eigenvalue weighted by atomic mass is 16.7. The van der Waals surface area contributed by atoms with E-state index in [1.54, 1.807) is 6.07 Å². The van der Waals surface area contributed by atoms with Gasteiger partial charge in [-0.15, -0.1) is 0 Å². The fourth-order valence-electron chi connectivity index (χ4n) is 2.14. The Bertz CT molecular complexity index is 429. The third kappa shape index (κ3) is 3.45. The minimum Gasteiger partial charge on any atom is -0.465 e. The first-order chi connectivity index (χ1) is 9.22. The predicted octanol–water partition coefficient (Wildman–Crippen LogP) is 1.67. The van der Waals surface area contributed by atoms with Crippen LogP contribution in [0, 0.1) is 0 Å². The molecule has 0 bridgehead atoms. The standard InChI is InChI=1S/C14H19NO4/c1-15(9-11-7-8-18-10-19-11)13-6-4-3-5-12(13)14(16)17-2/h3-6,11H,7-10H2,1-2H3. The van der Waals surface area contributed by atoms with Crippen molar-refractivity contribution in [2.24, 2.45) is 0 Å². The van der Waals surface area contributed by atoms with E-state index in [2.05, 4.69) is 0 Å². The van der Waals surface area contributed by atoms with Crippen LogP contribution < -0.4 is 4.90 Å². The number of anilines is 1. The summed E-state index contributed by atoms with van der Waals surface area (Å²) in [5, 5.41) is 0. The van der Waals surface area contributed by atoms with E-state index < -0.39 is 0 Å². The zero-order valence-electron chi connectivity index (χ0n) is 11.3. The Morgan fingerprint density at radius 2 is 2.26 bits per heavy atom. The maximum absolute atomic E-state index is 11.7. The molecule has 1 aliphatic rings. The smallest absolute Gasteiger partial charge is 0.339 e. The normalized spacial score (nSPS) is 18.9. The second kappa shape index (κ2) is 6.54. The lowest BCUT2D eigenvalue weighted by atomic mass is 10.1. The Balaban J connectivity index is 2.09. The van der Waals surface area contributed by atoms with Gasteiger partial charge in [0, 0.05) is 13.6 Å². The number of benzene rings is 1. The number of methoxy groups -OCH3 is 1.